The van der Waals surface area contributed by atoms with E-state index in [4.69, 9.17) is 19.7 Å². The molecule has 0 radical (unpaired) electrons. The number of carbonyl (C=O) groups is 2. The van der Waals surface area contributed by atoms with E-state index in [1.54, 1.807) is 24.3 Å². The second-order valence-electron chi connectivity index (χ2n) is 9.65. The van der Waals surface area contributed by atoms with Gasteiger partial charge in [-0.25, -0.2) is 9.59 Å². The van der Waals surface area contributed by atoms with Crippen LogP contribution in [0.2, 0.25) is 0 Å². The Morgan fingerprint density at radius 1 is 0.643 bits per heavy atom. The summed E-state index contributed by atoms with van der Waals surface area (Å²) in [6, 6.07) is 6.94. The van der Waals surface area contributed by atoms with Crippen LogP contribution in [-0.2, 0) is 35.3 Å². The van der Waals surface area contributed by atoms with Gasteiger partial charge in [-0.05, 0) is 72.2 Å². The second kappa shape index (κ2) is 12.5. The molecule has 2 heterocycles. The minimum atomic E-state index is -4.77. The zero-order valence-electron chi connectivity index (χ0n) is 23.2. The van der Waals surface area contributed by atoms with E-state index in [0.717, 1.165) is 23.3 Å². The van der Waals surface area contributed by atoms with Crippen LogP contribution in [0.3, 0.4) is 0 Å². The van der Waals surface area contributed by atoms with Gasteiger partial charge in [-0.2, -0.15) is 26.3 Å². The van der Waals surface area contributed by atoms with Crippen molar-refractivity contribution in [3.63, 3.8) is 0 Å². The van der Waals surface area contributed by atoms with E-state index in [-0.39, 0.29) is 11.5 Å². The van der Waals surface area contributed by atoms with E-state index in [2.05, 4.69) is 0 Å². The molecule has 4 rings (SSSR count). The molecule has 2 aliphatic rings. The largest absolute Gasteiger partial charge is 0.478 e. The number of alkyl halides is 6. The Morgan fingerprint density at radius 2 is 0.976 bits per heavy atom. The number of halogens is 6. The van der Waals surface area contributed by atoms with Crippen molar-refractivity contribution in [3.8, 4) is 11.5 Å². The van der Waals surface area contributed by atoms with Crippen LogP contribution in [0.15, 0.2) is 35.4 Å². The van der Waals surface area contributed by atoms with Crippen molar-refractivity contribution in [3.05, 3.63) is 68.8 Å². The third kappa shape index (κ3) is 6.91. The molecule has 2 aromatic rings. The summed E-state index contributed by atoms with van der Waals surface area (Å²) in [7, 11) is 0. The molecular weight excluding hydrogens is 570 g/mol. The highest BCUT2D eigenvalue weighted by molar-refractivity contribution is 5.96. The molecule has 0 amide bonds. The molecule has 0 aliphatic carbocycles. The maximum Gasteiger partial charge on any atom is 0.430 e. The minimum Gasteiger partial charge on any atom is -0.478 e. The lowest BCUT2D eigenvalue weighted by Crippen LogP contribution is -2.40. The molecule has 0 bridgehead atoms. The molecule has 2 N–H and O–H groups in total. The monoisotopic (exact) mass is 600 g/mol. The lowest BCUT2D eigenvalue weighted by atomic mass is 9.95. The number of benzene rings is 2. The summed E-state index contributed by atoms with van der Waals surface area (Å²) in [5, 5.41) is 18.0. The Labute approximate surface area is 238 Å². The number of hydrogen-bond donors (Lipinski definition) is 2. The number of ether oxygens (including phenoxy) is 2. The van der Waals surface area contributed by atoms with Crippen molar-refractivity contribution >= 4 is 24.1 Å². The van der Waals surface area contributed by atoms with Crippen LogP contribution in [-0.4, -0.2) is 46.7 Å². The van der Waals surface area contributed by atoms with E-state index in [1.807, 2.05) is 27.7 Å². The molecule has 2 aliphatic heterocycles. The first-order valence-corrected chi connectivity index (χ1v) is 13.2. The second-order valence-corrected chi connectivity index (χ2v) is 9.65. The summed E-state index contributed by atoms with van der Waals surface area (Å²) in [6.45, 7) is 7.48. The van der Waals surface area contributed by atoms with Gasteiger partial charge in [0.1, 0.15) is 11.5 Å². The zero-order valence-corrected chi connectivity index (χ0v) is 23.2. The van der Waals surface area contributed by atoms with Crippen LogP contribution in [0.5, 0.6) is 11.5 Å². The van der Waals surface area contributed by atoms with Crippen molar-refractivity contribution in [2.75, 3.05) is 0 Å². The molecule has 0 saturated heterocycles. The molecule has 2 unspecified atom stereocenters. The Morgan fingerprint density at radius 3 is 1.21 bits per heavy atom. The molecule has 0 spiro atoms. The predicted octanol–water partition coefficient (Wildman–Crippen LogP) is 7.21. The SMILES string of the molecule is CCc1cc2c(c(CC)c1)OC(C(F)(F)F)C(C(=O)O)=C2.CCc1cc2c(c(CC)c1)OC(C(F)(F)F)C(C(=O)O)=C2. The quantitative estimate of drug-likeness (QED) is 0.341. The standard InChI is InChI=1S/2C15H15F3O3/c2*1-3-8-5-9(4-2)12-10(6-8)7-11(14(19)20)13(21-12)15(16,17)18/h2*5-7,13H,3-4H2,1-2H3,(H,19,20). The van der Waals surface area contributed by atoms with Gasteiger partial charge in [0.2, 0.25) is 12.2 Å². The molecule has 0 saturated carbocycles. The Kier molecular flexibility index (Phi) is 9.69. The number of aliphatic carboxylic acids is 2. The molecule has 0 fully saturated rings. The van der Waals surface area contributed by atoms with Gasteiger partial charge in [-0.1, -0.05) is 39.8 Å². The minimum absolute atomic E-state index is 0.127. The summed E-state index contributed by atoms with van der Waals surface area (Å²) in [6.07, 6.45) is -9.82. The maximum atomic E-state index is 13.0. The smallest absolute Gasteiger partial charge is 0.430 e. The van der Waals surface area contributed by atoms with Gasteiger partial charge in [0.15, 0.2) is 0 Å². The molecular formula is C30H30F6O6. The summed E-state index contributed by atoms with van der Waals surface area (Å²) in [4.78, 5) is 22.2. The fraction of sp³-hybridized carbons (Fsp3) is 0.400. The fourth-order valence-corrected chi connectivity index (χ4v) is 4.68. The first-order valence-electron chi connectivity index (χ1n) is 13.2. The van der Waals surface area contributed by atoms with Crippen molar-refractivity contribution in [2.24, 2.45) is 0 Å². The summed E-state index contributed by atoms with van der Waals surface area (Å²) >= 11 is 0. The normalized spacial score (nSPS) is 17.8. The van der Waals surface area contributed by atoms with Gasteiger partial charge in [0.05, 0.1) is 11.1 Å². The number of carboxylic acids is 2. The molecule has 2 aromatic carbocycles. The van der Waals surface area contributed by atoms with Gasteiger partial charge < -0.3 is 19.7 Å². The topological polar surface area (TPSA) is 93.1 Å². The van der Waals surface area contributed by atoms with E-state index in [9.17, 15) is 35.9 Å². The van der Waals surface area contributed by atoms with Crippen molar-refractivity contribution in [1.82, 2.24) is 0 Å². The van der Waals surface area contributed by atoms with Gasteiger partial charge in [-0.15, -0.1) is 0 Å². The van der Waals surface area contributed by atoms with Crippen LogP contribution in [0.25, 0.3) is 12.2 Å². The number of hydrogen-bond acceptors (Lipinski definition) is 4. The Balaban J connectivity index is 0.000000230. The van der Waals surface area contributed by atoms with Crippen LogP contribution in [0.1, 0.15) is 61.1 Å². The van der Waals surface area contributed by atoms with Gasteiger partial charge in [0.25, 0.3) is 0 Å². The number of rotatable bonds is 6. The van der Waals surface area contributed by atoms with Crippen molar-refractivity contribution in [1.29, 1.82) is 0 Å². The fourth-order valence-electron chi connectivity index (χ4n) is 4.68. The molecule has 12 heteroatoms. The maximum absolute atomic E-state index is 13.0. The van der Waals surface area contributed by atoms with E-state index in [0.29, 0.717) is 47.9 Å². The average Bonchev–Trinajstić information content (AvgIpc) is 2.93. The number of fused-ring (bicyclic) bond motifs is 2. The number of carboxylic acid groups (broad SMARTS) is 2. The average molecular weight is 601 g/mol. The van der Waals surface area contributed by atoms with Gasteiger partial charge in [-0.3, -0.25) is 0 Å². The zero-order chi connectivity index (χ0) is 31.6. The van der Waals surface area contributed by atoms with Crippen LogP contribution in [0.4, 0.5) is 26.3 Å². The molecule has 228 valence electrons. The van der Waals surface area contributed by atoms with Gasteiger partial charge >= 0.3 is 24.3 Å². The van der Waals surface area contributed by atoms with Crippen LogP contribution >= 0.6 is 0 Å². The highest BCUT2D eigenvalue weighted by Crippen LogP contribution is 2.41. The molecule has 2 atom stereocenters. The summed E-state index contributed by atoms with van der Waals surface area (Å²) in [5.74, 6) is -2.99. The van der Waals surface area contributed by atoms with Crippen LogP contribution < -0.4 is 9.47 Å². The Bertz CT molecular complexity index is 1310. The van der Waals surface area contributed by atoms with Crippen molar-refractivity contribution in [2.45, 2.75) is 77.9 Å². The molecule has 6 nitrogen and oxygen atoms in total. The lowest BCUT2D eigenvalue weighted by Gasteiger charge is -2.28. The summed E-state index contributed by atoms with van der Waals surface area (Å²) < 4.78 is 88.0. The van der Waals surface area contributed by atoms with Crippen molar-refractivity contribution < 1.29 is 55.6 Å². The van der Waals surface area contributed by atoms with E-state index < -0.39 is 47.6 Å². The molecule has 42 heavy (non-hydrogen) atoms. The molecule has 0 aromatic heterocycles. The summed E-state index contributed by atoms with van der Waals surface area (Å²) in [5.41, 5.74) is 2.38. The third-order valence-corrected chi connectivity index (χ3v) is 6.83. The first kappa shape index (κ1) is 32.6. The third-order valence-electron chi connectivity index (χ3n) is 6.83. The van der Waals surface area contributed by atoms with Crippen LogP contribution in [0, 0.1) is 0 Å². The van der Waals surface area contributed by atoms with Gasteiger partial charge in [0, 0.05) is 11.1 Å². The highest BCUT2D eigenvalue weighted by Gasteiger charge is 2.49. The predicted molar refractivity (Wildman–Crippen MR) is 143 cm³/mol. The lowest BCUT2D eigenvalue weighted by molar-refractivity contribution is -0.187. The Hall–Kier alpha value is -3.96. The first-order chi connectivity index (χ1) is 19.5. The highest BCUT2D eigenvalue weighted by atomic mass is 19.4. The number of aryl methyl sites for hydroxylation is 4. The van der Waals surface area contributed by atoms with E-state index >= 15 is 0 Å². The van der Waals surface area contributed by atoms with E-state index in [1.165, 1.54) is 0 Å².